The van der Waals surface area contributed by atoms with E-state index in [4.69, 9.17) is 14.2 Å². The van der Waals surface area contributed by atoms with Crippen LogP contribution in [0.3, 0.4) is 0 Å². The number of likely N-dealkylation sites (tertiary alicyclic amines) is 2. The summed E-state index contributed by atoms with van der Waals surface area (Å²) in [4.78, 5) is 28.8. The maximum atomic E-state index is 15.2. The molecule has 4 heterocycles. The molecule has 2 fully saturated rings. The molecule has 0 aliphatic carbocycles. The van der Waals surface area contributed by atoms with Gasteiger partial charge in [0, 0.05) is 35.8 Å². The molecule has 216 valence electrons. The number of nitrogens with zero attached hydrogens (tertiary/aromatic N) is 4. The van der Waals surface area contributed by atoms with Gasteiger partial charge in [0.05, 0.1) is 31.2 Å². The van der Waals surface area contributed by atoms with Crippen LogP contribution in [0.5, 0.6) is 23.1 Å². The molecule has 1 N–H and O–H groups in total. The lowest BCUT2D eigenvalue weighted by Gasteiger charge is -2.34. The highest BCUT2D eigenvalue weighted by atomic mass is 19.1. The number of nitrogens with one attached hydrogen (secondary N) is 1. The fourth-order valence-electron chi connectivity index (χ4n) is 5.83. The normalized spacial score (nSPS) is 16.8. The number of amides is 1. The highest BCUT2D eigenvalue weighted by Gasteiger charge is 2.25. The largest absolute Gasteiger partial charge is 0.493 e. The molecule has 0 spiro atoms. The number of H-pyrrole nitrogens is 1. The van der Waals surface area contributed by atoms with Gasteiger partial charge in [-0.15, -0.1) is 0 Å². The van der Waals surface area contributed by atoms with E-state index in [1.54, 1.807) is 37.4 Å². The second-order valence-electron chi connectivity index (χ2n) is 11.1. The van der Waals surface area contributed by atoms with E-state index in [9.17, 15) is 4.79 Å². The summed E-state index contributed by atoms with van der Waals surface area (Å²) in [5.74, 6) is 1.53. The summed E-state index contributed by atoms with van der Waals surface area (Å²) in [6, 6.07) is 8.68. The Hall–Kier alpha value is -3.92. The number of halogens is 1. The van der Waals surface area contributed by atoms with Gasteiger partial charge in [0.15, 0.2) is 23.1 Å². The summed E-state index contributed by atoms with van der Waals surface area (Å²) < 4.78 is 33.0. The molecule has 2 aliphatic heterocycles. The maximum Gasteiger partial charge on any atom is 0.236 e. The van der Waals surface area contributed by atoms with Crippen LogP contribution in [0.25, 0.3) is 21.8 Å². The van der Waals surface area contributed by atoms with Crippen LogP contribution in [0.4, 0.5) is 4.39 Å². The van der Waals surface area contributed by atoms with E-state index in [0.717, 1.165) is 44.7 Å². The first-order chi connectivity index (χ1) is 20.0. The maximum absolute atomic E-state index is 15.2. The molecule has 4 aromatic rings. The van der Waals surface area contributed by atoms with Crippen LogP contribution in [-0.4, -0.2) is 77.1 Å². The Kier molecular flexibility index (Phi) is 7.91. The van der Waals surface area contributed by atoms with E-state index in [1.165, 1.54) is 25.6 Å². The number of aromatic nitrogens is 3. The second kappa shape index (κ2) is 11.9. The minimum absolute atomic E-state index is 0.0801. The number of hydrogen-bond acceptors (Lipinski definition) is 7. The Balaban J connectivity index is 1.11. The van der Waals surface area contributed by atoms with Gasteiger partial charge < -0.3 is 24.1 Å². The molecule has 0 saturated carbocycles. The number of carbonyl (C=O) groups is 1. The number of piperidine rings is 2. The molecule has 41 heavy (non-hydrogen) atoms. The van der Waals surface area contributed by atoms with Crippen molar-refractivity contribution in [3.8, 4) is 23.1 Å². The lowest BCUT2D eigenvalue weighted by Crippen LogP contribution is -2.45. The standard InChI is InChI=1S/C31H36FN5O4/c1-20-14-22-24(35-20)6-7-26(30(22)32)41-31-23-15-27(39-2)28(16-25(23)33-19-34-31)40-18-21-8-12-37(13-9-21)29(38)17-36-10-4-3-5-11-36/h6-7,14-16,19,21,35H,3-5,8-13,17-18H2,1-2H3. The number of carbonyl (C=O) groups excluding carboxylic acids is 1. The van der Waals surface area contributed by atoms with Crippen LogP contribution < -0.4 is 14.2 Å². The number of rotatable bonds is 8. The summed E-state index contributed by atoms with van der Waals surface area (Å²) in [6.45, 7) is 6.51. The lowest BCUT2D eigenvalue weighted by atomic mass is 9.97. The van der Waals surface area contributed by atoms with Gasteiger partial charge in [-0.1, -0.05) is 6.42 Å². The molecule has 0 radical (unpaired) electrons. The lowest BCUT2D eigenvalue weighted by molar-refractivity contribution is -0.134. The zero-order valence-electron chi connectivity index (χ0n) is 23.6. The van der Waals surface area contributed by atoms with E-state index < -0.39 is 5.82 Å². The fourth-order valence-corrected chi connectivity index (χ4v) is 5.83. The molecule has 6 rings (SSSR count). The molecule has 0 unspecified atom stereocenters. The fraction of sp³-hybridized carbons (Fsp3) is 0.452. The quantitative estimate of drug-likeness (QED) is 0.305. The number of methoxy groups -OCH3 is 1. The van der Waals surface area contributed by atoms with Crippen LogP contribution in [0, 0.1) is 18.7 Å². The van der Waals surface area contributed by atoms with Gasteiger partial charge >= 0.3 is 0 Å². The molecular weight excluding hydrogens is 525 g/mol. The summed E-state index contributed by atoms with van der Waals surface area (Å²) >= 11 is 0. The van der Waals surface area contributed by atoms with Crippen molar-refractivity contribution >= 4 is 27.7 Å². The summed E-state index contributed by atoms with van der Waals surface area (Å²) in [6.07, 6.45) is 6.84. The zero-order chi connectivity index (χ0) is 28.3. The van der Waals surface area contributed by atoms with Crippen molar-refractivity contribution in [1.29, 1.82) is 0 Å². The van der Waals surface area contributed by atoms with Gasteiger partial charge in [-0.2, -0.15) is 0 Å². The minimum atomic E-state index is -0.454. The zero-order valence-corrected chi connectivity index (χ0v) is 23.6. The third-order valence-electron chi connectivity index (χ3n) is 8.18. The first-order valence-corrected chi connectivity index (χ1v) is 14.4. The van der Waals surface area contributed by atoms with Crippen molar-refractivity contribution in [2.24, 2.45) is 5.92 Å². The van der Waals surface area contributed by atoms with Gasteiger partial charge in [0.1, 0.15) is 6.33 Å². The van der Waals surface area contributed by atoms with Crippen LogP contribution in [-0.2, 0) is 4.79 Å². The van der Waals surface area contributed by atoms with Gasteiger partial charge in [0.25, 0.3) is 0 Å². The highest BCUT2D eigenvalue weighted by molar-refractivity contribution is 5.87. The van der Waals surface area contributed by atoms with Crippen molar-refractivity contribution in [2.45, 2.75) is 39.0 Å². The van der Waals surface area contributed by atoms with E-state index in [2.05, 4.69) is 19.9 Å². The summed E-state index contributed by atoms with van der Waals surface area (Å²) in [5, 5.41) is 1.05. The molecule has 2 aliphatic rings. The Morgan fingerprint density at radius 2 is 1.80 bits per heavy atom. The Labute approximate surface area is 238 Å². The van der Waals surface area contributed by atoms with Crippen molar-refractivity contribution in [3.63, 3.8) is 0 Å². The predicted octanol–water partition coefficient (Wildman–Crippen LogP) is 5.46. The summed E-state index contributed by atoms with van der Waals surface area (Å²) in [7, 11) is 1.58. The average molecular weight is 562 g/mol. The molecule has 2 saturated heterocycles. The summed E-state index contributed by atoms with van der Waals surface area (Å²) in [5.41, 5.74) is 2.17. The van der Waals surface area contributed by atoms with Crippen molar-refractivity contribution in [1.82, 2.24) is 24.8 Å². The number of fused-ring (bicyclic) bond motifs is 2. The van der Waals surface area contributed by atoms with Crippen LogP contribution in [0.2, 0.25) is 0 Å². The van der Waals surface area contributed by atoms with E-state index >= 15 is 4.39 Å². The number of ether oxygens (including phenoxy) is 3. The van der Waals surface area contributed by atoms with E-state index in [1.807, 2.05) is 11.8 Å². The topological polar surface area (TPSA) is 92.8 Å². The Morgan fingerprint density at radius 1 is 1.00 bits per heavy atom. The van der Waals surface area contributed by atoms with Crippen LogP contribution >= 0.6 is 0 Å². The van der Waals surface area contributed by atoms with Gasteiger partial charge in [-0.05, 0) is 75.9 Å². The van der Waals surface area contributed by atoms with Crippen LogP contribution in [0.1, 0.15) is 37.8 Å². The Morgan fingerprint density at radius 3 is 2.59 bits per heavy atom. The van der Waals surface area contributed by atoms with Crippen molar-refractivity contribution in [3.05, 3.63) is 48.2 Å². The first-order valence-electron chi connectivity index (χ1n) is 14.4. The molecule has 0 bridgehead atoms. The number of benzene rings is 2. The Bertz CT molecular complexity index is 1540. The third kappa shape index (κ3) is 5.93. The SMILES string of the molecule is COc1cc2c(Oc3ccc4[nH]c(C)cc4c3F)ncnc2cc1OCC1CCN(C(=O)CN2CCCCC2)CC1. The monoisotopic (exact) mass is 561 g/mol. The molecule has 9 nitrogen and oxygen atoms in total. The highest BCUT2D eigenvalue weighted by Crippen LogP contribution is 2.38. The predicted molar refractivity (Wildman–Crippen MR) is 154 cm³/mol. The number of hydrogen-bond donors (Lipinski definition) is 1. The average Bonchev–Trinajstić information content (AvgIpc) is 3.39. The van der Waals surface area contributed by atoms with Crippen LogP contribution in [0.15, 0.2) is 36.7 Å². The van der Waals surface area contributed by atoms with Gasteiger partial charge in [-0.3, -0.25) is 9.69 Å². The third-order valence-corrected chi connectivity index (χ3v) is 8.18. The molecular formula is C31H36FN5O4. The van der Waals surface area contributed by atoms with E-state index in [-0.39, 0.29) is 17.5 Å². The minimum Gasteiger partial charge on any atom is -0.493 e. The molecule has 1 amide bonds. The molecule has 2 aromatic heterocycles. The number of aromatic amines is 1. The van der Waals surface area contributed by atoms with Gasteiger partial charge in [-0.25, -0.2) is 14.4 Å². The molecule has 10 heteroatoms. The molecule has 2 aromatic carbocycles. The second-order valence-corrected chi connectivity index (χ2v) is 11.1. The van der Waals surface area contributed by atoms with Gasteiger partial charge in [0.2, 0.25) is 11.8 Å². The van der Waals surface area contributed by atoms with Crippen molar-refractivity contribution < 1.29 is 23.4 Å². The number of aryl methyl sites for hydroxylation is 1. The molecule has 0 atom stereocenters. The van der Waals surface area contributed by atoms with E-state index in [0.29, 0.717) is 52.4 Å². The van der Waals surface area contributed by atoms with Crippen molar-refractivity contribution in [2.75, 3.05) is 46.4 Å². The first kappa shape index (κ1) is 27.3. The smallest absolute Gasteiger partial charge is 0.236 e.